The average Bonchev–Trinajstić information content (AvgIpc) is 2.89. The maximum Gasteiger partial charge on any atom is 0.337 e. The van der Waals surface area contributed by atoms with Crippen LogP contribution < -0.4 is 10.1 Å². The van der Waals surface area contributed by atoms with Crippen molar-refractivity contribution < 1.29 is 23.5 Å². The molecule has 0 unspecified atom stereocenters. The molecule has 0 aliphatic rings. The van der Waals surface area contributed by atoms with Crippen LogP contribution in [0.5, 0.6) is 11.5 Å². The molecule has 34 heavy (non-hydrogen) atoms. The lowest BCUT2D eigenvalue weighted by Crippen LogP contribution is -2.23. The molecule has 0 radical (unpaired) electrons. The third-order valence-corrected chi connectivity index (χ3v) is 5.09. The quantitative estimate of drug-likeness (QED) is 0.377. The molecule has 7 heteroatoms. The molecule has 4 rings (SSSR count). The molecule has 0 spiro atoms. The van der Waals surface area contributed by atoms with Gasteiger partial charge >= 0.3 is 5.97 Å². The zero-order chi connectivity index (χ0) is 23.9. The Morgan fingerprint density at radius 2 is 1.71 bits per heavy atom. The van der Waals surface area contributed by atoms with Crippen molar-refractivity contribution in [3.8, 4) is 22.6 Å². The van der Waals surface area contributed by atoms with Crippen LogP contribution in [0.15, 0.2) is 91.3 Å². The average molecular weight is 456 g/mol. The molecule has 1 N–H and O–H groups in total. The largest absolute Gasteiger partial charge is 0.465 e. The molecule has 1 heterocycles. The Morgan fingerprint density at radius 1 is 0.941 bits per heavy atom. The third-order valence-electron chi connectivity index (χ3n) is 5.09. The molecule has 0 saturated heterocycles. The van der Waals surface area contributed by atoms with E-state index >= 15 is 0 Å². The number of benzene rings is 3. The first-order valence-electron chi connectivity index (χ1n) is 10.5. The molecular formula is C27H21FN2O4. The monoisotopic (exact) mass is 456 g/mol. The van der Waals surface area contributed by atoms with Crippen LogP contribution in [0.2, 0.25) is 0 Å². The standard InChI is InChI=1S/C27H21FN2O4/c1-33-27(32)19-6-4-18(5-7-19)16-30-26(31)24-15-20(21-3-2-14-29-17-21)8-13-25(24)34-23-11-9-22(28)10-12-23/h2-15,17H,16H2,1H3,(H,30,31). The molecule has 0 bridgehead atoms. The second kappa shape index (κ2) is 10.4. The molecule has 170 valence electrons. The van der Waals surface area contributed by atoms with Gasteiger partial charge in [-0.2, -0.15) is 0 Å². The third kappa shape index (κ3) is 5.45. The smallest absolute Gasteiger partial charge is 0.337 e. The van der Waals surface area contributed by atoms with Gasteiger partial charge in [-0.25, -0.2) is 9.18 Å². The van der Waals surface area contributed by atoms with Crippen molar-refractivity contribution in [2.24, 2.45) is 0 Å². The second-order valence-electron chi connectivity index (χ2n) is 7.38. The van der Waals surface area contributed by atoms with E-state index in [1.165, 1.54) is 31.4 Å². The van der Waals surface area contributed by atoms with Crippen molar-refractivity contribution in [1.29, 1.82) is 0 Å². The number of halogens is 1. The van der Waals surface area contributed by atoms with Crippen LogP contribution in [0.1, 0.15) is 26.3 Å². The lowest BCUT2D eigenvalue weighted by Gasteiger charge is -2.14. The summed E-state index contributed by atoms with van der Waals surface area (Å²) in [5.41, 5.74) is 3.20. The van der Waals surface area contributed by atoms with E-state index < -0.39 is 5.97 Å². The topological polar surface area (TPSA) is 77.5 Å². The molecule has 4 aromatic rings. The van der Waals surface area contributed by atoms with E-state index in [1.54, 1.807) is 48.8 Å². The van der Waals surface area contributed by atoms with Gasteiger partial charge in [-0.3, -0.25) is 9.78 Å². The number of hydrogen-bond donors (Lipinski definition) is 1. The predicted molar refractivity (Wildman–Crippen MR) is 125 cm³/mol. The zero-order valence-corrected chi connectivity index (χ0v) is 18.3. The van der Waals surface area contributed by atoms with Gasteiger partial charge in [-0.1, -0.05) is 24.3 Å². The maximum atomic E-state index is 13.3. The molecule has 3 aromatic carbocycles. The SMILES string of the molecule is COC(=O)c1ccc(CNC(=O)c2cc(-c3cccnc3)ccc2Oc2ccc(F)cc2)cc1. The van der Waals surface area contributed by atoms with Gasteiger partial charge in [0, 0.05) is 24.5 Å². The van der Waals surface area contributed by atoms with Gasteiger partial charge in [0.2, 0.25) is 0 Å². The number of carbonyl (C=O) groups excluding carboxylic acids is 2. The number of pyridine rings is 1. The molecular weight excluding hydrogens is 435 g/mol. The van der Waals surface area contributed by atoms with E-state index in [9.17, 15) is 14.0 Å². The minimum absolute atomic E-state index is 0.243. The Kier molecular flexibility index (Phi) is 6.93. The van der Waals surface area contributed by atoms with Crippen molar-refractivity contribution in [3.63, 3.8) is 0 Å². The fourth-order valence-corrected chi connectivity index (χ4v) is 3.29. The first-order chi connectivity index (χ1) is 16.5. The zero-order valence-electron chi connectivity index (χ0n) is 18.3. The normalized spacial score (nSPS) is 10.4. The van der Waals surface area contributed by atoms with E-state index in [0.717, 1.165) is 16.7 Å². The summed E-state index contributed by atoms with van der Waals surface area (Å²) in [4.78, 5) is 28.9. The number of hydrogen-bond acceptors (Lipinski definition) is 5. The van der Waals surface area contributed by atoms with Gasteiger partial charge in [-0.15, -0.1) is 0 Å². The first-order valence-corrected chi connectivity index (χ1v) is 10.5. The van der Waals surface area contributed by atoms with Crippen molar-refractivity contribution in [2.45, 2.75) is 6.54 Å². The van der Waals surface area contributed by atoms with Crippen molar-refractivity contribution in [1.82, 2.24) is 10.3 Å². The van der Waals surface area contributed by atoms with E-state index in [2.05, 4.69) is 10.3 Å². The first kappa shape index (κ1) is 22.7. The summed E-state index contributed by atoms with van der Waals surface area (Å²) in [5, 5.41) is 2.88. The van der Waals surface area contributed by atoms with Crippen LogP contribution in [0.3, 0.4) is 0 Å². The Labute approximate surface area is 196 Å². The molecule has 6 nitrogen and oxygen atoms in total. The van der Waals surface area contributed by atoms with E-state index in [4.69, 9.17) is 9.47 Å². The highest BCUT2D eigenvalue weighted by molar-refractivity contribution is 5.98. The van der Waals surface area contributed by atoms with E-state index in [0.29, 0.717) is 22.6 Å². The highest BCUT2D eigenvalue weighted by atomic mass is 19.1. The Bertz CT molecular complexity index is 1290. The summed E-state index contributed by atoms with van der Waals surface area (Å²) < 4.78 is 23.9. The predicted octanol–water partition coefficient (Wildman–Crippen LogP) is 5.40. The number of carbonyl (C=O) groups is 2. The molecule has 0 fully saturated rings. The number of methoxy groups -OCH3 is 1. The Morgan fingerprint density at radius 3 is 2.38 bits per heavy atom. The van der Waals surface area contributed by atoms with Crippen LogP contribution in [0.4, 0.5) is 4.39 Å². The lowest BCUT2D eigenvalue weighted by molar-refractivity contribution is 0.0600. The van der Waals surface area contributed by atoms with Gasteiger partial charge in [0.15, 0.2) is 0 Å². The molecule has 0 atom stereocenters. The highest BCUT2D eigenvalue weighted by Gasteiger charge is 2.16. The van der Waals surface area contributed by atoms with Crippen molar-refractivity contribution in [2.75, 3.05) is 7.11 Å². The number of nitrogens with one attached hydrogen (secondary N) is 1. The van der Waals surface area contributed by atoms with E-state index in [-0.39, 0.29) is 18.3 Å². The summed E-state index contributed by atoms with van der Waals surface area (Å²) in [6.45, 7) is 0.243. The number of esters is 1. The fourth-order valence-electron chi connectivity index (χ4n) is 3.29. The number of nitrogens with zero attached hydrogens (tertiary/aromatic N) is 1. The van der Waals surface area contributed by atoms with Crippen LogP contribution >= 0.6 is 0 Å². The summed E-state index contributed by atoms with van der Waals surface area (Å²) in [6.07, 6.45) is 3.38. The fraction of sp³-hybridized carbons (Fsp3) is 0.0741. The van der Waals surface area contributed by atoms with Crippen LogP contribution in [0.25, 0.3) is 11.1 Å². The minimum Gasteiger partial charge on any atom is -0.465 e. The maximum absolute atomic E-state index is 13.3. The number of ether oxygens (including phenoxy) is 2. The summed E-state index contributed by atoms with van der Waals surface area (Å²) in [6, 6.07) is 21.3. The minimum atomic E-state index is -0.426. The van der Waals surface area contributed by atoms with Gasteiger partial charge in [0.1, 0.15) is 17.3 Å². The molecule has 0 aliphatic heterocycles. The van der Waals surface area contributed by atoms with Crippen LogP contribution in [-0.4, -0.2) is 24.0 Å². The molecule has 0 aliphatic carbocycles. The summed E-state index contributed by atoms with van der Waals surface area (Å²) in [5.74, 6) is -0.415. The van der Waals surface area contributed by atoms with Crippen LogP contribution in [0, 0.1) is 5.82 Å². The second-order valence-corrected chi connectivity index (χ2v) is 7.38. The van der Waals surface area contributed by atoms with Crippen LogP contribution in [-0.2, 0) is 11.3 Å². The molecule has 1 amide bonds. The number of aromatic nitrogens is 1. The highest BCUT2D eigenvalue weighted by Crippen LogP contribution is 2.30. The Balaban J connectivity index is 1.58. The summed E-state index contributed by atoms with van der Waals surface area (Å²) in [7, 11) is 1.32. The van der Waals surface area contributed by atoms with E-state index in [1.807, 2.05) is 18.2 Å². The van der Waals surface area contributed by atoms with Gasteiger partial charge < -0.3 is 14.8 Å². The Hall–Kier alpha value is -4.52. The van der Waals surface area contributed by atoms with Gasteiger partial charge in [-0.05, 0) is 65.7 Å². The molecule has 1 aromatic heterocycles. The van der Waals surface area contributed by atoms with Gasteiger partial charge in [0.05, 0.1) is 18.2 Å². The number of rotatable bonds is 7. The summed E-state index contributed by atoms with van der Waals surface area (Å²) >= 11 is 0. The number of amides is 1. The van der Waals surface area contributed by atoms with Crippen molar-refractivity contribution >= 4 is 11.9 Å². The van der Waals surface area contributed by atoms with Crippen molar-refractivity contribution in [3.05, 3.63) is 114 Å². The molecule has 0 saturated carbocycles. The lowest BCUT2D eigenvalue weighted by atomic mass is 10.0. The van der Waals surface area contributed by atoms with Gasteiger partial charge in [0.25, 0.3) is 5.91 Å².